The first-order valence-corrected chi connectivity index (χ1v) is 32.5. The summed E-state index contributed by atoms with van der Waals surface area (Å²) in [4.78, 5) is 0. The van der Waals surface area contributed by atoms with E-state index in [-0.39, 0.29) is 0 Å². The van der Waals surface area contributed by atoms with Gasteiger partial charge in [0.15, 0.2) is 0 Å². The summed E-state index contributed by atoms with van der Waals surface area (Å²) in [5.74, 6) is 1.76. The molecule has 0 unspecified atom stereocenters. The molecule has 1 nitrogen and oxygen atoms in total. The highest BCUT2D eigenvalue weighted by Crippen LogP contribution is 2.25. The molecule has 0 N–H and O–H groups in total. The molecule has 0 aromatic heterocycles. The number of benzene rings is 14. The fraction of sp³-hybridized carbons (Fsp3) is 0.174. The van der Waals surface area contributed by atoms with Gasteiger partial charge in [0, 0.05) is 0 Å². The quantitative estimate of drug-likeness (QED) is 0.171. The van der Waals surface area contributed by atoms with Crippen LogP contribution in [-0.4, -0.2) is 0 Å². The molecule has 0 aliphatic carbocycles. The van der Waals surface area contributed by atoms with Gasteiger partial charge in [0.1, 0.15) is 11.5 Å². The largest absolute Gasteiger partial charge is 0.457 e. The third-order valence-corrected chi connectivity index (χ3v) is 16.0. The van der Waals surface area contributed by atoms with E-state index in [0.717, 1.165) is 11.5 Å². The zero-order chi connectivity index (χ0) is 66.8. The molecule has 0 saturated carbocycles. The summed E-state index contributed by atoms with van der Waals surface area (Å²) >= 11 is 0. The maximum Gasteiger partial charge on any atom is 0.127 e. The third-order valence-electron chi connectivity index (χ3n) is 16.0. The van der Waals surface area contributed by atoms with E-state index in [1.807, 2.05) is 48.5 Å². The summed E-state index contributed by atoms with van der Waals surface area (Å²) in [6, 6.07) is 102. The van der Waals surface area contributed by atoms with Crippen molar-refractivity contribution in [3.8, 4) is 22.6 Å². The Kier molecular flexibility index (Phi) is 26.9. The van der Waals surface area contributed by atoms with Crippen LogP contribution in [0.25, 0.3) is 54.2 Å². The Labute approximate surface area is 558 Å². The lowest BCUT2D eigenvalue weighted by Crippen LogP contribution is -1.84. The minimum absolute atomic E-state index is 0.879. The second kappa shape index (κ2) is 35.5. The molecule has 0 atom stereocenters. The first kappa shape index (κ1) is 70.4. The Bertz CT molecular complexity index is 4330. The molecule has 1 heteroatoms. The molecule has 0 saturated heterocycles. The number of rotatable bonds is 3. The minimum atomic E-state index is 0.879. The van der Waals surface area contributed by atoms with Crippen molar-refractivity contribution < 1.29 is 4.74 Å². The highest BCUT2D eigenvalue weighted by molar-refractivity contribution is 5.89. The van der Waals surface area contributed by atoms with Crippen molar-refractivity contribution in [3.05, 3.63) is 380 Å². The molecule has 0 aliphatic rings. The number of fused-ring (bicyclic) bond motifs is 4. The van der Waals surface area contributed by atoms with Crippen LogP contribution in [0.1, 0.15) is 89.0 Å². The lowest BCUT2D eigenvalue weighted by Gasteiger charge is -2.05. The van der Waals surface area contributed by atoms with E-state index >= 15 is 0 Å². The van der Waals surface area contributed by atoms with Crippen LogP contribution < -0.4 is 4.74 Å². The summed E-state index contributed by atoms with van der Waals surface area (Å²) < 4.78 is 5.69. The standard InChI is InChI=1S/C14H14O.C14H14.4C12H12.2C8H10/c1-11-3-7-13(8-4-11)15-14-9-5-12(2)6-10-14;1-11-3-7-13(8-4-11)14-9-5-12(2)6-10-14;1-9-3-5-12-8-10(2)4-6-11(12)7-9;1-9-3-5-11-6-4-10(2)8-12(11)7-9;1-9-6-7-12-10(2)4-3-5-11(12)8-9;1-9-7-8-10(2)12-6-4-3-5-11(9)12;1-7-3-5-8(2)6-4-7;1-7-4-3-5-8(2)6-7/h3-10H,1-2H3;3-10H,1-2H3;4*3-8H,1-2H3;2*3-6H,1-2H3. The van der Waals surface area contributed by atoms with Gasteiger partial charge in [-0.1, -0.05) is 339 Å². The molecule has 0 radical (unpaired) electrons. The van der Waals surface area contributed by atoms with Crippen LogP contribution in [0.15, 0.2) is 291 Å². The molecule has 0 bridgehead atoms. The lowest BCUT2D eigenvalue weighted by molar-refractivity contribution is 0.482. The molecule has 93 heavy (non-hydrogen) atoms. The topological polar surface area (TPSA) is 9.23 Å². The van der Waals surface area contributed by atoms with Gasteiger partial charge >= 0.3 is 0 Å². The number of aryl methyl sites for hydroxylation is 16. The first-order valence-electron chi connectivity index (χ1n) is 32.5. The zero-order valence-electron chi connectivity index (χ0n) is 58.1. The predicted octanol–water partition coefficient (Wildman–Crippen LogP) is 26.5. The highest BCUT2D eigenvalue weighted by Gasteiger charge is 2.01. The molecule has 14 aromatic carbocycles. The third kappa shape index (κ3) is 23.6. The van der Waals surface area contributed by atoms with Crippen molar-refractivity contribution in [2.24, 2.45) is 0 Å². The number of hydrogen-bond acceptors (Lipinski definition) is 1. The molecule has 0 fully saturated rings. The summed E-state index contributed by atoms with van der Waals surface area (Å²) in [6.45, 7) is 33.8. The summed E-state index contributed by atoms with van der Waals surface area (Å²) in [5.41, 5.74) is 23.7. The monoisotopic (exact) mass is 1220 g/mol. The Balaban J connectivity index is 0.000000152. The van der Waals surface area contributed by atoms with E-state index in [1.54, 1.807) is 0 Å². The van der Waals surface area contributed by atoms with Gasteiger partial charge in [-0.15, -0.1) is 0 Å². The molecule has 470 valence electrons. The van der Waals surface area contributed by atoms with Crippen molar-refractivity contribution in [2.45, 2.75) is 111 Å². The fourth-order valence-electron chi connectivity index (χ4n) is 10.4. The van der Waals surface area contributed by atoms with Crippen LogP contribution in [0, 0.1) is 111 Å². The van der Waals surface area contributed by atoms with E-state index in [9.17, 15) is 0 Å². The predicted molar refractivity (Wildman–Crippen MR) is 409 cm³/mol. The SMILES string of the molecule is Cc1ccc(-c2ccc(C)cc2)cc1.Cc1ccc(C)c2ccccc12.Cc1ccc(C)cc1.Cc1ccc(Oc2ccc(C)cc2)cc1.Cc1ccc2c(C)cccc2c1.Cc1ccc2cc(C)ccc2c1.Cc1ccc2ccc(C)cc2c1.Cc1cccc(C)c1. The summed E-state index contributed by atoms with van der Waals surface area (Å²) in [6.07, 6.45) is 0. The van der Waals surface area contributed by atoms with Gasteiger partial charge < -0.3 is 4.74 Å². The summed E-state index contributed by atoms with van der Waals surface area (Å²) in [5, 5.41) is 10.8. The van der Waals surface area contributed by atoms with Crippen molar-refractivity contribution >= 4 is 43.1 Å². The maximum atomic E-state index is 5.69. The van der Waals surface area contributed by atoms with Gasteiger partial charge in [-0.25, -0.2) is 0 Å². The Morgan fingerprint density at radius 1 is 0.161 bits per heavy atom. The van der Waals surface area contributed by atoms with Crippen LogP contribution in [0.2, 0.25) is 0 Å². The van der Waals surface area contributed by atoms with E-state index in [0.29, 0.717) is 0 Å². The zero-order valence-corrected chi connectivity index (χ0v) is 58.1. The number of ether oxygens (including phenoxy) is 1. The van der Waals surface area contributed by atoms with Crippen molar-refractivity contribution in [2.75, 3.05) is 0 Å². The molecule has 14 rings (SSSR count). The minimum Gasteiger partial charge on any atom is -0.457 e. The average molecular weight is 1220 g/mol. The fourth-order valence-corrected chi connectivity index (χ4v) is 10.4. The van der Waals surface area contributed by atoms with Crippen LogP contribution in [-0.2, 0) is 0 Å². The molecule has 0 aliphatic heterocycles. The van der Waals surface area contributed by atoms with E-state index in [2.05, 4.69) is 353 Å². The van der Waals surface area contributed by atoms with Gasteiger partial charge in [0.25, 0.3) is 0 Å². The lowest BCUT2D eigenvalue weighted by atomic mass is 10.0. The molecule has 14 aromatic rings. The van der Waals surface area contributed by atoms with Crippen LogP contribution in [0.5, 0.6) is 11.5 Å². The Morgan fingerprint density at radius 2 is 0.441 bits per heavy atom. The van der Waals surface area contributed by atoms with Gasteiger partial charge in [0.2, 0.25) is 0 Å². The van der Waals surface area contributed by atoms with E-state index in [4.69, 9.17) is 4.74 Å². The number of hydrogen-bond donors (Lipinski definition) is 0. The Morgan fingerprint density at radius 3 is 0.806 bits per heavy atom. The van der Waals surface area contributed by atoms with Gasteiger partial charge in [-0.05, 0) is 206 Å². The Hall–Kier alpha value is -10.1. The van der Waals surface area contributed by atoms with Gasteiger partial charge in [-0.3, -0.25) is 0 Å². The van der Waals surface area contributed by atoms with Crippen LogP contribution in [0.4, 0.5) is 0 Å². The maximum absolute atomic E-state index is 5.69. The van der Waals surface area contributed by atoms with Crippen molar-refractivity contribution in [1.29, 1.82) is 0 Å². The second-order valence-corrected chi connectivity index (χ2v) is 25.0. The van der Waals surface area contributed by atoms with Gasteiger partial charge in [-0.2, -0.15) is 0 Å². The van der Waals surface area contributed by atoms with E-state index in [1.165, 1.54) is 143 Å². The molecule has 0 amide bonds. The van der Waals surface area contributed by atoms with Crippen LogP contribution in [0.3, 0.4) is 0 Å². The molecular formula is C92H96O. The van der Waals surface area contributed by atoms with E-state index < -0.39 is 0 Å². The highest BCUT2D eigenvalue weighted by atomic mass is 16.5. The molecule has 0 spiro atoms. The average Bonchev–Trinajstić information content (AvgIpc) is 1.01. The molecular weight excluding hydrogens is 1120 g/mol. The molecule has 0 heterocycles. The second-order valence-electron chi connectivity index (χ2n) is 25.0. The van der Waals surface area contributed by atoms with Crippen molar-refractivity contribution in [1.82, 2.24) is 0 Å². The summed E-state index contributed by atoms with van der Waals surface area (Å²) in [7, 11) is 0. The van der Waals surface area contributed by atoms with Crippen molar-refractivity contribution in [3.63, 3.8) is 0 Å². The van der Waals surface area contributed by atoms with Gasteiger partial charge in [0.05, 0.1) is 0 Å². The normalized spacial score (nSPS) is 10.2. The smallest absolute Gasteiger partial charge is 0.127 e. The van der Waals surface area contributed by atoms with Crippen LogP contribution >= 0.6 is 0 Å². The first-order chi connectivity index (χ1) is 44.6.